The molecule has 0 aliphatic heterocycles. The highest BCUT2D eigenvalue weighted by Gasteiger charge is 2.50. The Kier molecular flexibility index (Phi) is 3.62. The van der Waals surface area contributed by atoms with E-state index < -0.39 is 14.6 Å². The molecule has 17 heavy (non-hydrogen) atoms. The van der Waals surface area contributed by atoms with Crippen molar-refractivity contribution in [1.82, 2.24) is 0 Å². The second-order valence-corrected chi connectivity index (χ2v) is 8.02. The van der Waals surface area contributed by atoms with E-state index in [0.29, 0.717) is 19.3 Å². The van der Waals surface area contributed by atoms with E-state index >= 15 is 0 Å². The molecule has 0 saturated heterocycles. The van der Waals surface area contributed by atoms with Gasteiger partial charge >= 0.3 is 0 Å². The van der Waals surface area contributed by atoms with Crippen LogP contribution < -0.4 is 0 Å². The fraction of sp³-hybridized carbons (Fsp3) is 0.923. The Balaban J connectivity index is 2.35. The number of carbonyl (C=O) groups excluding carboxylic acids is 1. The van der Waals surface area contributed by atoms with Gasteiger partial charge < -0.3 is 0 Å². The molecule has 2 fully saturated rings. The Morgan fingerprint density at radius 3 is 2.24 bits per heavy atom. The van der Waals surface area contributed by atoms with E-state index in [9.17, 15) is 13.2 Å². The first-order valence-electron chi connectivity index (χ1n) is 6.70. The Labute approximate surface area is 104 Å². The first-order valence-corrected chi connectivity index (χ1v) is 8.59. The van der Waals surface area contributed by atoms with Crippen LogP contribution in [0.2, 0.25) is 0 Å². The zero-order valence-corrected chi connectivity index (χ0v) is 11.4. The summed E-state index contributed by atoms with van der Waals surface area (Å²) in [4.78, 5) is 12.1. The first-order chi connectivity index (χ1) is 7.97. The molecule has 0 aromatic rings. The van der Waals surface area contributed by atoms with E-state index in [0.717, 1.165) is 38.5 Å². The van der Waals surface area contributed by atoms with Crippen LogP contribution in [0.15, 0.2) is 0 Å². The van der Waals surface area contributed by atoms with Gasteiger partial charge in [-0.3, -0.25) is 4.79 Å². The predicted octanol–water partition coefficient (Wildman–Crippen LogP) is 2.49. The molecule has 2 aliphatic carbocycles. The van der Waals surface area contributed by atoms with E-state index in [4.69, 9.17) is 0 Å². The summed E-state index contributed by atoms with van der Waals surface area (Å²) in [5, 5.41) is 0. The van der Waals surface area contributed by atoms with Crippen molar-refractivity contribution in [3.63, 3.8) is 0 Å². The summed E-state index contributed by atoms with van der Waals surface area (Å²) in [5.41, 5.74) is 0. The van der Waals surface area contributed by atoms with Gasteiger partial charge in [-0.2, -0.15) is 0 Å². The maximum atomic E-state index is 12.2. The number of hydrogen-bond donors (Lipinski definition) is 0. The number of carbonyl (C=O) groups is 1. The number of ketones is 1. The highest BCUT2D eigenvalue weighted by atomic mass is 32.2. The minimum Gasteiger partial charge on any atom is -0.299 e. The molecule has 0 radical (unpaired) electrons. The molecule has 2 aliphatic rings. The van der Waals surface area contributed by atoms with Crippen LogP contribution in [-0.4, -0.2) is 25.2 Å². The van der Waals surface area contributed by atoms with Crippen molar-refractivity contribution < 1.29 is 13.2 Å². The Morgan fingerprint density at radius 1 is 1.06 bits per heavy atom. The predicted molar refractivity (Wildman–Crippen MR) is 67.6 cm³/mol. The van der Waals surface area contributed by atoms with Crippen molar-refractivity contribution in [2.75, 3.05) is 6.26 Å². The maximum absolute atomic E-state index is 12.2. The Morgan fingerprint density at radius 2 is 1.71 bits per heavy atom. The van der Waals surface area contributed by atoms with Crippen LogP contribution in [0.3, 0.4) is 0 Å². The van der Waals surface area contributed by atoms with Gasteiger partial charge in [-0.05, 0) is 25.7 Å². The molecule has 1 atom stereocenters. The molecule has 0 bridgehead atoms. The zero-order valence-electron chi connectivity index (χ0n) is 10.6. The summed E-state index contributed by atoms with van der Waals surface area (Å²) in [7, 11) is -3.14. The Hall–Kier alpha value is -0.380. The van der Waals surface area contributed by atoms with Gasteiger partial charge in [0, 0.05) is 18.6 Å². The van der Waals surface area contributed by atoms with Crippen LogP contribution in [0.1, 0.15) is 57.8 Å². The molecule has 0 heterocycles. The quantitative estimate of drug-likeness (QED) is 0.764. The lowest BCUT2D eigenvalue weighted by molar-refractivity contribution is -0.126. The number of rotatable bonds is 2. The van der Waals surface area contributed by atoms with Crippen molar-refractivity contribution in [2.24, 2.45) is 5.92 Å². The molecule has 3 nitrogen and oxygen atoms in total. The van der Waals surface area contributed by atoms with Crippen LogP contribution in [-0.2, 0) is 14.6 Å². The lowest BCUT2D eigenvalue weighted by Crippen LogP contribution is -2.50. The summed E-state index contributed by atoms with van der Waals surface area (Å²) in [6, 6.07) is 0. The number of sulfone groups is 1. The molecule has 0 aromatic heterocycles. The first kappa shape index (κ1) is 13.1. The molecule has 2 rings (SSSR count). The third-order valence-electron chi connectivity index (χ3n) is 4.63. The summed E-state index contributed by atoms with van der Waals surface area (Å²) in [5.74, 6) is -0.0184. The second-order valence-electron chi connectivity index (χ2n) is 5.66. The third-order valence-corrected chi connectivity index (χ3v) is 6.80. The monoisotopic (exact) mass is 258 g/mol. The van der Waals surface area contributed by atoms with Gasteiger partial charge in [-0.1, -0.05) is 25.7 Å². The minimum atomic E-state index is -3.14. The minimum absolute atomic E-state index is 0.198. The number of hydrogen-bond acceptors (Lipinski definition) is 3. The average Bonchev–Trinajstić information content (AvgIpc) is 2.29. The molecule has 0 spiro atoms. The summed E-state index contributed by atoms with van der Waals surface area (Å²) in [6.45, 7) is 0. The SMILES string of the molecule is CS(=O)(=O)C1(C2CCCCC2=O)CCCCC1. The highest BCUT2D eigenvalue weighted by molar-refractivity contribution is 7.92. The topological polar surface area (TPSA) is 51.2 Å². The van der Waals surface area contributed by atoms with Crippen molar-refractivity contribution in [2.45, 2.75) is 62.5 Å². The average molecular weight is 258 g/mol. The van der Waals surface area contributed by atoms with Crippen LogP contribution in [0.5, 0.6) is 0 Å². The summed E-state index contributed by atoms with van der Waals surface area (Å²) < 4.78 is 23.7. The van der Waals surface area contributed by atoms with E-state index in [2.05, 4.69) is 0 Å². The van der Waals surface area contributed by atoms with E-state index in [1.807, 2.05) is 0 Å². The van der Waals surface area contributed by atoms with Gasteiger partial charge in [0.05, 0.1) is 4.75 Å². The molecule has 98 valence electrons. The van der Waals surface area contributed by atoms with Crippen molar-refractivity contribution in [1.29, 1.82) is 0 Å². The Bertz CT molecular complexity index is 391. The maximum Gasteiger partial charge on any atom is 0.153 e. The van der Waals surface area contributed by atoms with Crippen LogP contribution in [0, 0.1) is 5.92 Å². The smallest absolute Gasteiger partial charge is 0.153 e. The van der Waals surface area contributed by atoms with Gasteiger partial charge in [0.25, 0.3) is 0 Å². The van der Waals surface area contributed by atoms with Gasteiger partial charge in [0.2, 0.25) is 0 Å². The van der Waals surface area contributed by atoms with Crippen molar-refractivity contribution in [3.8, 4) is 0 Å². The van der Waals surface area contributed by atoms with Crippen molar-refractivity contribution >= 4 is 15.6 Å². The van der Waals surface area contributed by atoms with Crippen molar-refractivity contribution in [3.05, 3.63) is 0 Å². The van der Waals surface area contributed by atoms with E-state index in [1.54, 1.807) is 0 Å². The van der Waals surface area contributed by atoms with Gasteiger partial charge in [0.1, 0.15) is 5.78 Å². The molecular formula is C13H22O3S. The van der Waals surface area contributed by atoms with Crippen LogP contribution in [0.25, 0.3) is 0 Å². The van der Waals surface area contributed by atoms with Gasteiger partial charge in [0.15, 0.2) is 9.84 Å². The van der Waals surface area contributed by atoms with Crippen LogP contribution in [0.4, 0.5) is 0 Å². The molecule has 1 unspecified atom stereocenters. The third kappa shape index (κ3) is 2.28. The molecule has 4 heteroatoms. The highest BCUT2D eigenvalue weighted by Crippen LogP contribution is 2.45. The molecule has 0 amide bonds. The standard InChI is InChI=1S/C13H22O3S/c1-17(15,16)13(9-5-2-6-10-13)11-7-3-4-8-12(11)14/h11H,2-10H2,1H3. The molecular weight excluding hydrogens is 236 g/mol. The largest absolute Gasteiger partial charge is 0.299 e. The lowest BCUT2D eigenvalue weighted by atomic mass is 9.72. The van der Waals surface area contributed by atoms with Gasteiger partial charge in [-0.25, -0.2) is 8.42 Å². The fourth-order valence-corrected chi connectivity index (χ4v) is 5.46. The van der Waals surface area contributed by atoms with E-state index in [1.165, 1.54) is 6.26 Å². The van der Waals surface area contributed by atoms with E-state index in [-0.39, 0.29) is 11.7 Å². The normalized spacial score (nSPS) is 30.2. The number of Topliss-reactive ketones (excluding diaryl/α,β-unsaturated/α-hetero) is 1. The van der Waals surface area contributed by atoms with Gasteiger partial charge in [-0.15, -0.1) is 0 Å². The molecule has 0 N–H and O–H groups in total. The summed E-state index contributed by atoms with van der Waals surface area (Å²) in [6.07, 6.45) is 9.06. The molecule has 2 saturated carbocycles. The van der Waals surface area contributed by atoms with Crippen LogP contribution >= 0.6 is 0 Å². The fourth-order valence-electron chi connectivity index (χ4n) is 3.67. The lowest BCUT2D eigenvalue weighted by Gasteiger charge is -2.42. The second kappa shape index (κ2) is 4.71. The summed E-state index contributed by atoms with van der Waals surface area (Å²) >= 11 is 0. The zero-order chi connectivity index (χ0) is 12.5. The molecule has 0 aromatic carbocycles.